The van der Waals surface area contributed by atoms with Crippen molar-refractivity contribution in [2.45, 2.75) is 18.2 Å². The Kier molecular flexibility index (Phi) is 6.53. The average Bonchev–Trinajstić information content (AvgIpc) is 3.12. The second-order valence-corrected chi connectivity index (χ2v) is 10.0. The fourth-order valence-corrected chi connectivity index (χ4v) is 7.50. The van der Waals surface area contributed by atoms with Crippen molar-refractivity contribution < 1.29 is 48.0 Å². The van der Waals surface area contributed by atoms with Crippen LogP contribution in [0.3, 0.4) is 0 Å². The molecule has 0 fully saturated rings. The monoisotopic (exact) mass is 482 g/mol. The summed E-state index contributed by atoms with van der Waals surface area (Å²) in [5, 5.41) is 0. The summed E-state index contributed by atoms with van der Waals surface area (Å²) in [6.45, 7) is 2.21. The number of halogens is 3. The van der Waals surface area contributed by atoms with Crippen LogP contribution in [0.1, 0.15) is 29.3 Å². The van der Waals surface area contributed by atoms with Crippen molar-refractivity contribution in [1.82, 2.24) is 0 Å². The molecule has 116 valence electrons. The molecule has 0 heterocycles. The molecule has 1 unspecified atom stereocenters. The van der Waals surface area contributed by atoms with Crippen LogP contribution in [-0.2, 0) is 23.2 Å². The first-order valence-electron chi connectivity index (χ1n) is 7.24. The van der Waals surface area contributed by atoms with Crippen LogP contribution in [0.5, 0.6) is 0 Å². The van der Waals surface area contributed by atoms with Gasteiger partial charge < -0.3 is 24.8 Å². The molecule has 0 radical (unpaired) electrons. The number of hydrogen-bond donors (Lipinski definition) is 0. The fourth-order valence-electron chi connectivity index (χ4n) is 3.20. The minimum absolute atomic E-state index is 0. The summed E-state index contributed by atoms with van der Waals surface area (Å²) in [6, 6.07) is 8.93. The molecule has 0 saturated heterocycles. The summed E-state index contributed by atoms with van der Waals surface area (Å²) in [5.41, 5.74) is 7.28. The van der Waals surface area contributed by atoms with Crippen molar-refractivity contribution in [2.75, 3.05) is 0 Å². The van der Waals surface area contributed by atoms with E-state index in [4.69, 9.17) is 0 Å². The van der Waals surface area contributed by atoms with Gasteiger partial charge in [0.05, 0.1) is 0 Å². The van der Waals surface area contributed by atoms with Crippen LogP contribution in [0.15, 0.2) is 74.6 Å². The number of allylic oxidation sites excluding steroid dienone is 9. The molecule has 0 nitrogen and oxygen atoms in total. The van der Waals surface area contributed by atoms with E-state index in [2.05, 4.69) is 77.5 Å². The van der Waals surface area contributed by atoms with E-state index in [0.29, 0.717) is 4.83 Å². The van der Waals surface area contributed by atoms with Crippen molar-refractivity contribution in [3.63, 3.8) is 0 Å². The molecule has 0 amide bonds. The minimum Gasteiger partial charge on any atom is -1.00 e. The normalized spacial score (nSPS) is 20.4. The van der Waals surface area contributed by atoms with Gasteiger partial charge in [0, 0.05) is 0 Å². The first kappa shape index (κ1) is 19.2. The molecular formula is C19H15BrCl2Zr. The number of fused-ring (bicyclic) bond motifs is 2. The van der Waals surface area contributed by atoms with Crippen LogP contribution in [0.25, 0.3) is 3.28 Å². The van der Waals surface area contributed by atoms with Gasteiger partial charge in [-0.1, -0.05) is 0 Å². The molecule has 0 aliphatic heterocycles. The predicted molar refractivity (Wildman–Crippen MR) is 88.7 cm³/mol. The summed E-state index contributed by atoms with van der Waals surface area (Å²) in [6.07, 6.45) is 12.8. The molecule has 23 heavy (non-hydrogen) atoms. The standard InChI is InChI=1S/C14H10Br.C5H5.2ClH.Zr/c1-9-6-11-8-10-4-2-3-5-12(10)14(15)13(11)7-9;1-2-4-5-3-1;;;/h2-7,14H,1H3;1-3H,4H2;2*1H;/q;;;;+2/p-2. The third kappa shape index (κ3) is 3.47. The molecule has 1 atom stereocenters. The fraction of sp³-hybridized carbons (Fsp3) is 0.158. The average molecular weight is 485 g/mol. The van der Waals surface area contributed by atoms with Gasteiger partial charge in [-0.25, -0.2) is 0 Å². The summed E-state index contributed by atoms with van der Waals surface area (Å²) in [5.74, 6) is 0. The van der Waals surface area contributed by atoms with E-state index in [1.54, 1.807) is 6.56 Å². The molecule has 1 aromatic rings. The molecular weight excluding hydrogens is 470 g/mol. The van der Waals surface area contributed by atoms with Gasteiger partial charge in [-0.15, -0.1) is 0 Å². The van der Waals surface area contributed by atoms with Gasteiger partial charge in [0.2, 0.25) is 0 Å². The summed E-state index contributed by atoms with van der Waals surface area (Å²) in [4.78, 5) is 0.344. The molecule has 1 aromatic carbocycles. The van der Waals surface area contributed by atoms with E-state index >= 15 is 0 Å². The largest absolute Gasteiger partial charge is 1.00 e. The second kappa shape index (κ2) is 7.83. The van der Waals surface area contributed by atoms with E-state index in [-0.39, 0.29) is 24.8 Å². The predicted octanol–water partition coefficient (Wildman–Crippen LogP) is -0.332. The zero-order chi connectivity index (χ0) is 14.4. The number of rotatable bonds is 2. The van der Waals surface area contributed by atoms with Gasteiger partial charge >= 0.3 is 146 Å². The molecule has 0 spiro atoms. The Bertz CT molecular complexity index is 784. The van der Waals surface area contributed by atoms with E-state index in [0.717, 1.165) is 0 Å². The molecule has 3 aliphatic carbocycles. The van der Waals surface area contributed by atoms with Crippen molar-refractivity contribution >= 4 is 19.2 Å². The molecule has 3 aliphatic rings. The van der Waals surface area contributed by atoms with Gasteiger partial charge in [-0.05, 0) is 0 Å². The maximum atomic E-state index is 3.92. The third-order valence-electron chi connectivity index (χ3n) is 4.17. The Hall–Kier alpha value is -0.137. The van der Waals surface area contributed by atoms with Gasteiger partial charge in [0.15, 0.2) is 0 Å². The molecule has 0 saturated carbocycles. The van der Waals surface area contributed by atoms with Crippen LogP contribution in [-0.4, -0.2) is 0 Å². The minimum atomic E-state index is -0.714. The first-order chi connectivity index (χ1) is 10.2. The van der Waals surface area contributed by atoms with Gasteiger partial charge in [0.1, 0.15) is 0 Å². The molecule has 0 N–H and O–H groups in total. The summed E-state index contributed by atoms with van der Waals surface area (Å²) >= 11 is 3.20. The topological polar surface area (TPSA) is 0 Å². The molecule has 0 bridgehead atoms. The number of hydrogen-bond acceptors (Lipinski definition) is 0. The molecule has 4 rings (SSSR count). The quantitative estimate of drug-likeness (QED) is 0.504. The van der Waals surface area contributed by atoms with Crippen LogP contribution < -0.4 is 24.8 Å². The Balaban J connectivity index is 0.000000960. The van der Waals surface area contributed by atoms with Gasteiger partial charge in [-0.3, -0.25) is 0 Å². The van der Waals surface area contributed by atoms with Crippen LogP contribution in [0, 0.1) is 0 Å². The Morgan fingerprint density at radius 3 is 2.65 bits per heavy atom. The second-order valence-electron chi connectivity index (χ2n) is 5.68. The van der Waals surface area contributed by atoms with Crippen LogP contribution >= 0.6 is 15.9 Å². The zero-order valence-electron chi connectivity index (χ0n) is 12.6. The van der Waals surface area contributed by atoms with Crippen molar-refractivity contribution in [2.24, 2.45) is 0 Å². The third-order valence-corrected chi connectivity index (χ3v) is 8.79. The van der Waals surface area contributed by atoms with Gasteiger partial charge in [-0.2, -0.15) is 0 Å². The summed E-state index contributed by atoms with van der Waals surface area (Å²) in [7, 11) is 0. The maximum absolute atomic E-state index is 3.92. The number of benzene rings is 1. The smallest absolute Gasteiger partial charge is 1.00 e. The Labute approximate surface area is 170 Å². The van der Waals surface area contributed by atoms with Crippen molar-refractivity contribution in [1.29, 1.82) is 0 Å². The SMILES string of the molecule is CC1=CC2=[C]([Zr+2][C]3=CC=CC3)c3ccccc3C(Br)C2=C1.[Cl-].[Cl-]. The molecule has 0 aromatic heterocycles. The first-order valence-corrected chi connectivity index (χ1v) is 10.6. The van der Waals surface area contributed by atoms with E-state index in [1.165, 1.54) is 34.3 Å². The Morgan fingerprint density at radius 1 is 1.13 bits per heavy atom. The Morgan fingerprint density at radius 2 is 1.91 bits per heavy atom. The van der Waals surface area contributed by atoms with Gasteiger partial charge in [0.25, 0.3) is 0 Å². The van der Waals surface area contributed by atoms with E-state index < -0.39 is 23.2 Å². The summed E-state index contributed by atoms with van der Waals surface area (Å²) < 4.78 is 3.34. The number of alkyl halides is 1. The molecule has 4 heteroatoms. The maximum Gasteiger partial charge on any atom is -1.00 e. The van der Waals surface area contributed by atoms with Crippen LogP contribution in [0.4, 0.5) is 0 Å². The van der Waals surface area contributed by atoms with Crippen molar-refractivity contribution in [3.8, 4) is 0 Å². The van der Waals surface area contributed by atoms with Crippen molar-refractivity contribution in [3.05, 3.63) is 85.8 Å². The zero-order valence-corrected chi connectivity index (χ0v) is 18.2. The van der Waals surface area contributed by atoms with Crippen LogP contribution in [0.2, 0.25) is 0 Å². The van der Waals surface area contributed by atoms with E-state index in [9.17, 15) is 0 Å². The van der Waals surface area contributed by atoms with E-state index in [1.807, 2.05) is 0 Å².